The van der Waals surface area contributed by atoms with Gasteiger partial charge >= 0.3 is 0 Å². The molecule has 1 heterocycles. The number of benzene rings is 9. The number of nitrogens with zero attached hydrogens (tertiary/aromatic N) is 1. The summed E-state index contributed by atoms with van der Waals surface area (Å²) in [6.07, 6.45) is 0. The monoisotopic (exact) mass is 724 g/mol. The van der Waals surface area contributed by atoms with Crippen LogP contribution in [0.25, 0.3) is 77.2 Å². The average molecular weight is 725 g/mol. The summed E-state index contributed by atoms with van der Waals surface area (Å²) < 4.78 is 323. The van der Waals surface area contributed by atoms with Gasteiger partial charge in [-0.25, -0.2) is 0 Å². The molecule has 0 spiro atoms. The smallest absolute Gasteiger partial charge is 0.143 e. The van der Waals surface area contributed by atoms with E-state index in [1.165, 1.54) is 0 Å². The molecular formula is C52H35NO. The molecule has 2 heteroatoms. The molecule has 0 N–H and O–H groups in total. The van der Waals surface area contributed by atoms with Crippen molar-refractivity contribution >= 4 is 49.8 Å². The quantitative estimate of drug-likeness (QED) is 0.163. The average Bonchev–Trinajstić information content (AvgIpc) is 1.75. The van der Waals surface area contributed by atoms with Crippen LogP contribution in [0.4, 0.5) is 17.1 Å². The number of anilines is 3. The van der Waals surface area contributed by atoms with Crippen LogP contribution in [-0.4, -0.2) is 0 Å². The predicted octanol–water partition coefficient (Wildman–Crippen LogP) is 14.9. The van der Waals surface area contributed by atoms with Crippen molar-refractivity contribution in [3.05, 3.63) is 211 Å². The summed E-state index contributed by atoms with van der Waals surface area (Å²) in [4.78, 5) is 0.251. The van der Waals surface area contributed by atoms with Crippen molar-refractivity contribution in [1.82, 2.24) is 0 Å². The fourth-order valence-electron chi connectivity index (χ4n) is 5.57. The Morgan fingerprint density at radius 1 is 0.352 bits per heavy atom. The van der Waals surface area contributed by atoms with Crippen molar-refractivity contribution < 1.29 is 52.4 Å². The van der Waals surface area contributed by atoms with Crippen LogP contribution in [0.15, 0.2) is 216 Å². The van der Waals surface area contributed by atoms with E-state index in [9.17, 15) is 21.9 Å². The molecule has 0 radical (unpaired) electrons. The molecule has 9 aromatic carbocycles. The predicted molar refractivity (Wildman–Crippen MR) is 228 cm³/mol. The van der Waals surface area contributed by atoms with Gasteiger partial charge < -0.3 is 9.32 Å². The molecule has 2 nitrogen and oxygen atoms in total. The van der Waals surface area contributed by atoms with E-state index in [-0.39, 0.29) is 4.90 Å². The fraction of sp³-hybridized carbons (Fsp3) is 0. The van der Waals surface area contributed by atoms with Crippen LogP contribution in [-0.2, 0) is 0 Å². The normalized spacial score (nSPS) is 20.4. The minimum absolute atomic E-state index is 0.251. The molecule has 0 fully saturated rings. The summed E-state index contributed by atoms with van der Waals surface area (Å²) in [5.41, 5.74) is -13.5. The first-order chi connectivity index (χ1) is 41.4. The Bertz CT molecular complexity index is 4660. The Morgan fingerprint density at radius 3 is 1.33 bits per heavy atom. The zero-order valence-electron chi connectivity index (χ0n) is 61.9. The molecule has 0 saturated carbocycles. The standard InChI is InChI=1S/C52H35NO/c1-4-12-36(13-5-1)39-20-22-43(23-21-39)50-48(34-35-49-51(50)47-33-28-42-18-10-11-19-46(42)52(47)54-49)53(44-29-24-40(25-30-44)37-14-6-2-7-15-37)45-31-26-41(27-32-45)38-16-8-3-9-17-38/h1-35H/i1D,2D,3D,4D,5D,6D,7D,8D,9D,10D,11D,12D,13D,14D,15D,16D,17D,18D,19D,20D,21D,22D,23D,24D,25D,26D,27D,28D,29D,30D,31D,32D,33D,34D,35D. The lowest BCUT2D eigenvalue weighted by Gasteiger charge is -2.28. The van der Waals surface area contributed by atoms with Crippen molar-refractivity contribution in [2.75, 3.05) is 4.90 Å². The zero-order chi connectivity index (χ0) is 66.3. The number of hydrogen-bond donors (Lipinski definition) is 0. The van der Waals surface area contributed by atoms with Gasteiger partial charge in [0.25, 0.3) is 0 Å². The first kappa shape index (κ1) is 11.9. The van der Waals surface area contributed by atoms with Crippen molar-refractivity contribution in [2.45, 2.75) is 0 Å². The molecule has 0 amide bonds. The lowest BCUT2D eigenvalue weighted by atomic mass is 9.93. The van der Waals surface area contributed by atoms with Gasteiger partial charge in [0.1, 0.15) is 11.2 Å². The molecule has 254 valence electrons. The van der Waals surface area contributed by atoms with Gasteiger partial charge in [-0.3, -0.25) is 0 Å². The molecule has 54 heavy (non-hydrogen) atoms. The second-order valence-corrected chi connectivity index (χ2v) is 11.0. The molecule has 0 aliphatic heterocycles. The largest absolute Gasteiger partial charge is 0.455 e. The molecule has 0 saturated heterocycles. The van der Waals surface area contributed by atoms with Crippen molar-refractivity contribution in [3.63, 3.8) is 0 Å². The molecule has 0 aliphatic rings. The Labute approximate surface area is 364 Å². The number of fused-ring (bicyclic) bond motifs is 5. The number of rotatable bonds is 7. The third-order valence-corrected chi connectivity index (χ3v) is 7.94. The summed E-state index contributed by atoms with van der Waals surface area (Å²) >= 11 is 0. The first-order valence-electron chi connectivity index (χ1n) is 33.1. The molecule has 10 rings (SSSR count). The molecule has 0 unspecified atom stereocenters. The summed E-state index contributed by atoms with van der Waals surface area (Å²) in [5, 5.41) is -2.96. The second kappa shape index (κ2) is 13.4. The van der Waals surface area contributed by atoms with Gasteiger partial charge in [-0.05, 0) is 86.6 Å². The Hall–Kier alpha value is -7.16. The van der Waals surface area contributed by atoms with Gasteiger partial charge in [0.2, 0.25) is 0 Å². The van der Waals surface area contributed by atoms with Crippen LogP contribution in [0.2, 0.25) is 0 Å². The molecular weight excluding hydrogens is 655 g/mol. The van der Waals surface area contributed by atoms with E-state index in [0.29, 0.717) is 0 Å². The van der Waals surface area contributed by atoms with Crippen LogP contribution in [0, 0.1) is 0 Å². The van der Waals surface area contributed by atoms with E-state index in [1.807, 2.05) is 0 Å². The third kappa shape index (κ3) is 5.62. The maximum Gasteiger partial charge on any atom is 0.143 e. The number of furan rings is 1. The molecule has 10 aromatic rings. The highest BCUT2D eigenvalue weighted by atomic mass is 16.3. The highest BCUT2D eigenvalue weighted by Crippen LogP contribution is 2.48. The van der Waals surface area contributed by atoms with Crippen LogP contribution < -0.4 is 4.90 Å². The molecule has 0 atom stereocenters. The summed E-state index contributed by atoms with van der Waals surface area (Å²) in [7, 11) is 0. The molecule has 0 aliphatic carbocycles. The topological polar surface area (TPSA) is 16.4 Å². The van der Waals surface area contributed by atoms with E-state index in [1.54, 1.807) is 0 Å². The zero-order valence-corrected chi connectivity index (χ0v) is 26.9. The molecule has 0 bridgehead atoms. The highest BCUT2D eigenvalue weighted by molar-refractivity contribution is 6.21. The van der Waals surface area contributed by atoms with Gasteiger partial charge in [-0.15, -0.1) is 0 Å². The van der Waals surface area contributed by atoms with Gasteiger partial charge in [-0.2, -0.15) is 0 Å². The van der Waals surface area contributed by atoms with Crippen LogP contribution >= 0.6 is 0 Å². The van der Waals surface area contributed by atoms with Gasteiger partial charge in [0.05, 0.1) is 53.7 Å². The fourth-order valence-corrected chi connectivity index (χ4v) is 5.57. The van der Waals surface area contributed by atoms with Gasteiger partial charge in [0, 0.05) is 33.1 Å². The lowest BCUT2D eigenvalue weighted by molar-refractivity contribution is 0.673. The van der Waals surface area contributed by atoms with E-state index >= 15 is 0 Å². The van der Waals surface area contributed by atoms with E-state index in [0.717, 1.165) is 0 Å². The maximum absolute atomic E-state index is 10.0. The van der Waals surface area contributed by atoms with Crippen molar-refractivity contribution in [1.29, 1.82) is 0 Å². The van der Waals surface area contributed by atoms with E-state index < -0.39 is 306 Å². The first-order valence-corrected chi connectivity index (χ1v) is 15.6. The van der Waals surface area contributed by atoms with Crippen LogP contribution in [0.5, 0.6) is 0 Å². The van der Waals surface area contributed by atoms with Crippen molar-refractivity contribution in [2.24, 2.45) is 0 Å². The van der Waals surface area contributed by atoms with Gasteiger partial charge in [0.15, 0.2) is 0 Å². The third-order valence-electron chi connectivity index (χ3n) is 7.94. The Morgan fingerprint density at radius 2 is 0.796 bits per heavy atom. The lowest BCUT2D eigenvalue weighted by Crippen LogP contribution is -2.11. The molecule has 1 aromatic heterocycles. The summed E-state index contributed by atoms with van der Waals surface area (Å²) in [5.74, 6) is 0. The summed E-state index contributed by atoms with van der Waals surface area (Å²) in [6.45, 7) is 0. The highest BCUT2D eigenvalue weighted by Gasteiger charge is 2.23. The summed E-state index contributed by atoms with van der Waals surface area (Å²) in [6, 6.07) is -39.3. The minimum Gasteiger partial charge on any atom is -0.455 e. The van der Waals surface area contributed by atoms with Crippen LogP contribution in [0.3, 0.4) is 0 Å². The van der Waals surface area contributed by atoms with Gasteiger partial charge in [-0.1, -0.05) is 169 Å². The number of hydrogen-bond acceptors (Lipinski definition) is 2. The van der Waals surface area contributed by atoms with E-state index in [2.05, 4.69) is 0 Å². The van der Waals surface area contributed by atoms with Crippen molar-refractivity contribution in [3.8, 4) is 44.5 Å². The SMILES string of the molecule is [2H]c1c([2H])c([2H])c(-c2c([2H])c([2H])c(-c3c(N(c4c([2H])c([2H])c(-c5c([2H])c([2H])c([2H])c([2H])c5[2H])c([2H])c4[2H])c4c([2H])c([2H])c(-c5c([2H])c([2H])c([2H])c([2H])c5[2H])c([2H])c4[2H])c([2H])c([2H])c4oc5c6c([2H])c([2H])c([2H])c([2H])c6c([2H])c([2H])c5c34)c([2H])c2[2H])c([2H])c1[2H]. The minimum atomic E-state index is -1.40. The maximum atomic E-state index is 10.0. The Balaban J connectivity index is 1.53. The second-order valence-electron chi connectivity index (χ2n) is 11.0. The van der Waals surface area contributed by atoms with E-state index in [4.69, 9.17) is 30.5 Å². The Kier molecular flexibility index (Phi) is 2.97. The van der Waals surface area contributed by atoms with Crippen LogP contribution in [0.1, 0.15) is 48.0 Å².